The summed E-state index contributed by atoms with van der Waals surface area (Å²) in [5.41, 5.74) is -2.79. The standard InChI is InChI=1S/C20H26F3NO2/c1-19(26,20(21,22)23)16-11-9-15(10-12-16)18(25)24(13-14-7-8-14)17-5-3-2-4-6-17/h9-12,14,17,26H,2-8,13H2,1H3/t19-/m0/s1. The second kappa shape index (κ2) is 7.22. The van der Waals surface area contributed by atoms with Crippen molar-refractivity contribution in [1.29, 1.82) is 0 Å². The minimum atomic E-state index is -4.77. The summed E-state index contributed by atoms with van der Waals surface area (Å²) in [7, 11) is 0. The first-order valence-electron chi connectivity index (χ1n) is 9.41. The molecule has 0 radical (unpaired) electrons. The molecule has 1 aromatic rings. The van der Waals surface area contributed by atoms with Gasteiger partial charge in [0.1, 0.15) is 0 Å². The van der Waals surface area contributed by atoms with Gasteiger partial charge >= 0.3 is 6.18 Å². The molecule has 1 N–H and O–H groups in total. The van der Waals surface area contributed by atoms with Gasteiger partial charge in [-0.3, -0.25) is 4.79 Å². The van der Waals surface area contributed by atoms with Gasteiger partial charge in [-0.25, -0.2) is 0 Å². The fraction of sp³-hybridized carbons (Fsp3) is 0.650. The molecule has 1 amide bonds. The third kappa shape index (κ3) is 4.05. The van der Waals surface area contributed by atoms with E-state index in [0.717, 1.165) is 52.0 Å². The molecular weight excluding hydrogens is 343 g/mol. The zero-order chi connectivity index (χ0) is 18.9. The Kier molecular flexibility index (Phi) is 5.33. The van der Waals surface area contributed by atoms with Crippen LogP contribution >= 0.6 is 0 Å². The minimum absolute atomic E-state index is 0.109. The molecule has 26 heavy (non-hydrogen) atoms. The van der Waals surface area contributed by atoms with Crippen molar-refractivity contribution in [2.45, 2.75) is 69.7 Å². The first-order chi connectivity index (χ1) is 12.2. The van der Waals surface area contributed by atoms with Crippen molar-refractivity contribution in [1.82, 2.24) is 4.90 Å². The van der Waals surface area contributed by atoms with Crippen LogP contribution in [0.3, 0.4) is 0 Å². The van der Waals surface area contributed by atoms with E-state index in [4.69, 9.17) is 0 Å². The van der Waals surface area contributed by atoms with E-state index in [9.17, 15) is 23.1 Å². The lowest BCUT2D eigenvalue weighted by atomic mass is 9.92. The third-order valence-corrected chi connectivity index (χ3v) is 5.67. The number of nitrogens with zero attached hydrogens (tertiary/aromatic N) is 1. The Labute approximate surface area is 152 Å². The second-order valence-electron chi connectivity index (χ2n) is 7.84. The first-order valence-corrected chi connectivity index (χ1v) is 9.41. The highest BCUT2D eigenvalue weighted by atomic mass is 19.4. The van der Waals surface area contributed by atoms with Crippen LogP contribution in [0.5, 0.6) is 0 Å². The molecule has 2 fully saturated rings. The molecule has 1 atom stereocenters. The zero-order valence-electron chi connectivity index (χ0n) is 15.1. The van der Waals surface area contributed by atoms with E-state index in [1.165, 1.54) is 30.7 Å². The molecule has 3 nitrogen and oxygen atoms in total. The SMILES string of the molecule is C[C@](O)(c1ccc(C(=O)N(CC2CC2)C2CCCCC2)cc1)C(F)(F)F. The number of hydrogen-bond acceptors (Lipinski definition) is 2. The predicted molar refractivity (Wildman–Crippen MR) is 92.7 cm³/mol. The lowest BCUT2D eigenvalue weighted by molar-refractivity contribution is -0.258. The van der Waals surface area contributed by atoms with Crippen molar-refractivity contribution in [3.8, 4) is 0 Å². The van der Waals surface area contributed by atoms with E-state index < -0.39 is 11.8 Å². The van der Waals surface area contributed by atoms with E-state index in [0.29, 0.717) is 11.5 Å². The van der Waals surface area contributed by atoms with Gasteiger partial charge in [-0.15, -0.1) is 0 Å². The van der Waals surface area contributed by atoms with Gasteiger partial charge in [0.25, 0.3) is 5.91 Å². The van der Waals surface area contributed by atoms with Crippen molar-refractivity contribution in [3.05, 3.63) is 35.4 Å². The van der Waals surface area contributed by atoms with Gasteiger partial charge in [-0.2, -0.15) is 13.2 Å². The Morgan fingerprint density at radius 1 is 1.08 bits per heavy atom. The van der Waals surface area contributed by atoms with Crippen LogP contribution < -0.4 is 0 Å². The number of aliphatic hydroxyl groups is 1. The maximum atomic E-state index is 13.0. The molecule has 6 heteroatoms. The summed E-state index contributed by atoms with van der Waals surface area (Å²) in [6.45, 7) is 1.47. The number of hydrogen-bond donors (Lipinski definition) is 1. The molecule has 0 spiro atoms. The fourth-order valence-corrected chi connectivity index (χ4v) is 3.64. The van der Waals surface area contributed by atoms with E-state index in [-0.39, 0.29) is 17.5 Å². The highest BCUT2D eigenvalue weighted by molar-refractivity contribution is 5.94. The molecular formula is C20H26F3NO2. The maximum Gasteiger partial charge on any atom is 0.421 e. The van der Waals surface area contributed by atoms with Crippen LogP contribution in [-0.4, -0.2) is 34.7 Å². The Hall–Kier alpha value is -1.56. The number of benzene rings is 1. The molecule has 0 heterocycles. The number of carbonyl (C=O) groups is 1. The summed E-state index contributed by atoms with van der Waals surface area (Å²) in [5, 5.41) is 9.77. The van der Waals surface area contributed by atoms with E-state index >= 15 is 0 Å². The summed E-state index contributed by atoms with van der Waals surface area (Å²) in [4.78, 5) is 14.9. The van der Waals surface area contributed by atoms with Crippen LogP contribution in [0.15, 0.2) is 24.3 Å². The minimum Gasteiger partial charge on any atom is -0.376 e. The monoisotopic (exact) mass is 369 g/mol. The molecule has 2 saturated carbocycles. The van der Waals surface area contributed by atoms with Crippen LogP contribution in [0.4, 0.5) is 13.2 Å². The number of halogens is 3. The fourth-order valence-electron chi connectivity index (χ4n) is 3.64. The van der Waals surface area contributed by atoms with Gasteiger partial charge in [-0.1, -0.05) is 31.4 Å². The summed E-state index contributed by atoms with van der Waals surface area (Å²) in [6, 6.07) is 5.45. The molecule has 0 aromatic heterocycles. The normalized spacial score (nSPS) is 21.3. The van der Waals surface area contributed by atoms with Crippen LogP contribution in [0.2, 0.25) is 0 Å². The largest absolute Gasteiger partial charge is 0.421 e. The van der Waals surface area contributed by atoms with E-state index in [2.05, 4.69) is 0 Å². The number of alkyl halides is 3. The molecule has 1 aromatic carbocycles. The van der Waals surface area contributed by atoms with Gasteiger partial charge < -0.3 is 10.0 Å². The van der Waals surface area contributed by atoms with E-state index in [1.807, 2.05) is 4.90 Å². The summed E-state index contributed by atoms with van der Waals surface area (Å²) < 4.78 is 38.9. The number of rotatable bonds is 5. The van der Waals surface area contributed by atoms with Crippen molar-refractivity contribution in [3.63, 3.8) is 0 Å². The van der Waals surface area contributed by atoms with Crippen molar-refractivity contribution >= 4 is 5.91 Å². The first kappa shape index (κ1) is 19.2. The molecule has 2 aliphatic carbocycles. The Morgan fingerprint density at radius 3 is 2.15 bits per heavy atom. The lowest BCUT2D eigenvalue weighted by Crippen LogP contribution is -2.43. The Balaban J connectivity index is 1.78. The maximum absolute atomic E-state index is 13.0. The smallest absolute Gasteiger partial charge is 0.376 e. The van der Waals surface area contributed by atoms with Crippen molar-refractivity contribution in [2.75, 3.05) is 6.54 Å². The quantitative estimate of drug-likeness (QED) is 0.821. The molecule has 0 unspecified atom stereocenters. The Morgan fingerprint density at radius 2 is 1.65 bits per heavy atom. The highest BCUT2D eigenvalue weighted by Crippen LogP contribution is 2.38. The number of carbonyl (C=O) groups excluding carboxylic acids is 1. The summed E-state index contributed by atoms with van der Waals surface area (Å²) in [6.07, 6.45) is 2.95. The zero-order valence-corrected chi connectivity index (χ0v) is 15.1. The topological polar surface area (TPSA) is 40.5 Å². The summed E-state index contributed by atoms with van der Waals surface area (Å²) in [5.74, 6) is 0.452. The molecule has 0 aliphatic heterocycles. The predicted octanol–water partition coefficient (Wildman–Crippen LogP) is 4.64. The van der Waals surface area contributed by atoms with Crippen LogP contribution in [0, 0.1) is 5.92 Å². The third-order valence-electron chi connectivity index (χ3n) is 5.67. The van der Waals surface area contributed by atoms with E-state index in [1.54, 1.807) is 0 Å². The number of amides is 1. The molecule has 2 aliphatic rings. The Bertz CT molecular complexity index is 629. The van der Waals surface area contributed by atoms with Gasteiger partial charge in [0.2, 0.25) is 0 Å². The van der Waals surface area contributed by atoms with Crippen molar-refractivity contribution in [2.24, 2.45) is 5.92 Å². The van der Waals surface area contributed by atoms with Crippen LogP contribution in [0.25, 0.3) is 0 Å². The molecule has 3 rings (SSSR count). The van der Waals surface area contributed by atoms with Crippen LogP contribution in [0.1, 0.15) is 67.8 Å². The average molecular weight is 369 g/mol. The molecule has 0 bridgehead atoms. The van der Waals surface area contributed by atoms with Gasteiger partial charge in [0.05, 0.1) is 0 Å². The van der Waals surface area contributed by atoms with Crippen LogP contribution in [-0.2, 0) is 5.60 Å². The summed E-state index contributed by atoms with van der Waals surface area (Å²) >= 11 is 0. The molecule has 144 valence electrons. The van der Waals surface area contributed by atoms with Crippen molar-refractivity contribution < 1.29 is 23.1 Å². The molecule has 0 saturated heterocycles. The second-order valence-corrected chi connectivity index (χ2v) is 7.84. The van der Waals surface area contributed by atoms with Gasteiger partial charge in [0, 0.05) is 18.2 Å². The van der Waals surface area contributed by atoms with Gasteiger partial charge in [-0.05, 0) is 56.2 Å². The lowest BCUT2D eigenvalue weighted by Gasteiger charge is -2.35. The highest BCUT2D eigenvalue weighted by Gasteiger charge is 2.51. The van der Waals surface area contributed by atoms with Gasteiger partial charge in [0.15, 0.2) is 5.60 Å². The average Bonchev–Trinajstić information content (AvgIpc) is 3.43.